The third-order valence-electron chi connectivity index (χ3n) is 6.16. The second-order valence-corrected chi connectivity index (χ2v) is 7.65. The van der Waals surface area contributed by atoms with Crippen LogP contribution in [0.1, 0.15) is 17.2 Å². The average molecular weight is 397 g/mol. The van der Waals surface area contributed by atoms with Crippen molar-refractivity contribution in [2.45, 2.75) is 18.0 Å². The SMILES string of the molecule is COC(=O)[C@]1(Cc2ccccc2)[NH2+][C@H](c2ccccc2F)[C@H]2C(=O)N(C)C(=O)[C@H]21. The molecule has 2 heterocycles. The summed E-state index contributed by atoms with van der Waals surface area (Å²) in [6.07, 6.45) is 0.194. The van der Waals surface area contributed by atoms with Gasteiger partial charge in [-0.3, -0.25) is 14.5 Å². The zero-order valence-corrected chi connectivity index (χ0v) is 16.2. The van der Waals surface area contributed by atoms with E-state index in [0.29, 0.717) is 5.56 Å². The predicted octanol–water partition coefficient (Wildman–Crippen LogP) is 0.829. The largest absolute Gasteiger partial charge is 0.464 e. The maximum atomic E-state index is 14.6. The molecule has 0 bridgehead atoms. The Morgan fingerprint density at radius 1 is 1.10 bits per heavy atom. The van der Waals surface area contributed by atoms with Gasteiger partial charge >= 0.3 is 5.97 Å². The van der Waals surface area contributed by atoms with Crippen LogP contribution < -0.4 is 5.32 Å². The average Bonchev–Trinajstić information content (AvgIpc) is 3.18. The molecule has 150 valence electrons. The molecule has 6 nitrogen and oxygen atoms in total. The van der Waals surface area contributed by atoms with E-state index in [4.69, 9.17) is 4.74 Å². The van der Waals surface area contributed by atoms with Crippen molar-refractivity contribution < 1.29 is 28.8 Å². The lowest BCUT2D eigenvalue weighted by molar-refractivity contribution is -0.734. The van der Waals surface area contributed by atoms with Gasteiger partial charge in [0.25, 0.3) is 0 Å². The molecule has 4 rings (SSSR count). The Bertz CT molecular complexity index is 980. The van der Waals surface area contributed by atoms with Crippen LogP contribution in [0.3, 0.4) is 0 Å². The van der Waals surface area contributed by atoms with Crippen molar-refractivity contribution in [1.29, 1.82) is 0 Å². The van der Waals surface area contributed by atoms with E-state index in [1.165, 1.54) is 20.2 Å². The molecule has 0 aliphatic carbocycles. The van der Waals surface area contributed by atoms with Crippen molar-refractivity contribution in [2.24, 2.45) is 11.8 Å². The maximum Gasteiger partial charge on any atom is 0.369 e. The van der Waals surface area contributed by atoms with Crippen molar-refractivity contribution >= 4 is 17.8 Å². The standard InChI is InChI=1S/C22H21FN2O4/c1-25-19(26)16-17(20(25)27)22(21(28)29-2,12-13-8-4-3-5-9-13)24-18(16)14-10-6-7-11-15(14)23/h3-11,16-18,24H,12H2,1-2H3/p+1/t16-,17-,18+,22+/m0/s1. The Balaban J connectivity index is 1.88. The number of hydrogen-bond acceptors (Lipinski definition) is 4. The second-order valence-electron chi connectivity index (χ2n) is 7.65. The van der Waals surface area contributed by atoms with E-state index in [2.05, 4.69) is 0 Å². The van der Waals surface area contributed by atoms with Crippen LogP contribution in [0.15, 0.2) is 54.6 Å². The molecule has 2 aromatic carbocycles. The Hall–Kier alpha value is -3.06. The van der Waals surface area contributed by atoms with E-state index in [1.54, 1.807) is 23.5 Å². The van der Waals surface area contributed by atoms with Crippen LogP contribution in [0.2, 0.25) is 0 Å². The molecule has 2 fully saturated rings. The van der Waals surface area contributed by atoms with Gasteiger partial charge in [-0.05, 0) is 11.6 Å². The van der Waals surface area contributed by atoms with Crippen LogP contribution in [0.5, 0.6) is 0 Å². The number of carbonyl (C=O) groups excluding carboxylic acids is 3. The fourth-order valence-electron chi connectivity index (χ4n) is 4.85. The number of halogens is 1. The van der Waals surface area contributed by atoms with E-state index >= 15 is 0 Å². The van der Waals surface area contributed by atoms with Gasteiger partial charge < -0.3 is 10.1 Å². The molecule has 0 radical (unpaired) electrons. The molecular formula is C22H22FN2O4+. The fraction of sp³-hybridized carbons (Fsp3) is 0.318. The predicted molar refractivity (Wildman–Crippen MR) is 101 cm³/mol. The molecule has 2 amide bonds. The first kappa shape index (κ1) is 19.3. The minimum atomic E-state index is -1.36. The van der Waals surface area contributed by atoms with Crippen LogP contribution in [0.25, 0.3) is 0 Å². The van der Waals surface area contributed by atoms with Gasteiger partial charge in [-0.1, -0.05) is 48.5 Å². The number of nitrogens with two attached hydrogens (primary N) is 1. The lowest BCUT2D eigenvalue weighted by atomic mass is 9.76. The third-order valence-corrected chi connectivity index (χ3v) is 6.16. The van der Waals surface area contributed by atoms with E-state index in [1.807, 2.05) is 30.3 Å². The van der Waals surface area contributed by atoms with Crippen LogP contribution in [-0.2, 0) is 25.5 Å². The smallest absolute Gasteiger partial charge is 0.369 e. The van der Waals surface area contributed by atoms with Crippen LogP contribution in [0.4, 0.5) is 4.39 Å². The summed E-state index contributed by atoms with van der Waals surface area (Å²) < 4.78 is 19.7. The third kappa shape index (κ3) is 2.84. The van der Waals surface area contributed by atoms with Gasteiger partial charge in [0, 0.05) is 19.0 Å². The number of carbonyl (C=O) groups is 3. The number of quaternary nitrogens is 1. The van der Waals surface area contributed by atoms with Crippen LogP contribution in [-0.4, -0.2) is 42.4 Å². The molecule has 2 saturated heterocycles. The molecule has 29 heavy (non-hydrogen) atoms. The summed E-state index contributed by atoms with van der Waals surface area (Å²) in [6, 6.07) is 14.7. The number of fused-ring (bicyclic) bond motifs is 1. The highest BCUT2D eigenvalue weighted by molar-refractivity contribution is 6.08. The summed E-state index contributed by atoms with van der Waals surface area (Å²) in [6.45, 7) is 0. The van der Waals surface area contributed by atoms with Crippen molar-refractivity contribution in [3.05, 3.63) is 71.5 Å². The molecule has 2 aliphatic rings. The monoisotopic (exact) mass is 397 g/mol. The van der Waals surface area contributed by atoms with Gasteiger partial charge in [-0.15, -0.1) is 0 Å². The highest BCUT2D eigenvalue weighted by Gasteiger charge is 2.72. The molecule has 0 unspecified atom stereocenters. The van der Waals surface area contributed by atoms with Crippen molar-refractivity contribution in [3.63, 3.8) is 0 Å². The summed E-state index contributed by atoms with van der Waals surface area (Å²) in [7, 11) is 2.67. The Kier molecular flexibility index (Phi) is 4.70. The van der Waals surface area contributed by atoms with E-state index in [0.717, 1.165) is 10.5 Å². The van der Waals surface area contributed by atoms with E-state index < -0.39 is 47.0 Å². The van der Waals surface area contributed by atoms with E-state index in [-0.39, 0.29) is 6.42 Å². The highest BCUT2D eigenvalue weighted by Crippen LogP contribution is 2.45. The number of esters is 1. The molecule has 2 N–H and O–H groups in total. The zero-order valence-electron chi connectivity index (χ0n) is 16.2. The van der Waals surface area contributed by atoms with Gasteiger partial charge in [0.05, 0.1) is 7.11 Å². The first-order chi connectivity index (χ1) is 13.9. The van der Waals surface area contributed by atoms with Gasteiger partial charge in [0.2, 0.25) is 17.4 Å². The maximum absolute atomic E-state index is 14.6. The van der Waals surface area contributed by atoms with Crippen molar-refractivity contribution in [1.82, 2.24) is 4.90 Å². The number of likely N-dealkylation sites (tertiary alicyclic amines) is 1. The minimum absolute atomic E-state index is 0.194. The zero-order chi connectivity index (χ0) is 20.8. The summed E-state index contributed by atoms with van der Waals surface area (Å²) in [5.41, 5.74) is -0.222. The molecule has 7 heteroatoms. The van der Waals surface area contributed by atoms with Gasteiger partial charge in [0.15, 0.2) is 0 Å². The quantitative estimate of drug-likeness (QED) is 0.612. The van der Waals surface area contributed by atoms with Crippen LogP contribution in [0, 0.1) is 17.7 Å². The number of rotatable bonds is 4. The Morgan fingerprint density at radius 2 is 1.76 bits per heavy atom. The topological polar surface area (TPSA) is 80.3 Å². The second kappa shape index (κ2) is 7.08. The van der Waals surface area contributed by atoms with Crippen LogP contribution >= 0.6 is 0 Å². The Labute approximate surface area is 167 Å². The lowest BCUT2D eigenvalue weighted by Gasteiger charge is -2.29. The number of ether oxygens (including phenoxy) is 1. The normalized spacial score (nSPS) is 28.5. The molecule has 2 aromatic rings. The number of imide groups is 1. The summed E-state index contributed by atoms with van der Waals surface area (Å²) in [4.78, 5) is 40.2. The molecule has 0 saturated carbocycles. The number of methoxy groups -OCH3 is 1. The highest BCUT2D eigenvalue weighted by atomic mass is 19.1. The first-order valence-corrected chi connectivity index (χ1v) is 9.45. The Morgan fingerprint density at radius 3 is 2.41 bits per heavy atom. The van der Waals surface area contributed by atoms with Crippen molar-refractivity contribution in [3.8, 4) is 0 Å². The van der Waals surface area contributed by atoms with Crippen molar-refractivity contribution in [2.75, 3.05) is 14.2 Å². The van der Waals surface area contributed by atoms with Gasteiger partial charge in [-0.2, -0.15) is 0 Å². The summed E-state index contributed by atoms with van der Waals surface area (Å²) >= 11 is 0. The number of nitrogens with zero attached hydrogens (tertiary/aromatic N) is 1. The fourth-order valence-corrected chi connectivity index (χ4v) is 4.85. The summed E-state index contributed by atoms with van der Waals surface area (Å²) in [5, 5.41) is 1.67. The molecule has 4 atom stereocenters. The number of hydrogen-bond donors (Lipinski definition) is 1. The molecule has 0 aromatic heterocycles. The summed E-state index contributed by atoms with van der Waals surface area (Å²) in [5.74, 6) is -3.67. The number of amides is 2. The first-order valence-electron chi connectivity index (χ1n) is 9.45. The minimum Gasteiger partial charge on any atom is -0.464 e. The lowest BCUT2D eigenvalue weighted by Crippen LogP contribution is -2.98. The van der Waals surface area contributed by atoms with Gasteiger partial charge in [-0.25, -0.2) is 9.18 Å². The van der Waals surface area contributed by atoms with E-state index in [9.17, 15) is 18.8 Å². The molecule has 0 spiro atoms. The van der Waals surface area contributed by atoms with Gasteiger partial charge in [0.1, 0.15) is 23.7 Å². The number of benzene rings is 2. The molecule has 2 aliphatic heterocycles. The molecular weight excluding hydrogens is 375 g/mol.